The topological polar surface area (TPSA) is 69.6 Å². The van der Waals surface area contributed by atoms with Gasteiger partial charge >= 0.3 is 5.97 Å². The molecule has 1 aliphatic carbocycles. The fourth-order valence-corrected chi connectivity index (χ4v) is 3.07. The molecule has 1 aromatic carbocycles. The van der Waals surface area contributed by atoms with Gasteiger partial charge in [0.05, 0.1) is 5.56 Å². The van der Waals surface area contributed by atoms with E-state index in [0.717, 1.165) is 23.7 Å². The number of nitrogens with one attached hydrogen (secondary N) is 1. The highest BCUT2D eigenvalue weighted by molar-refractivity contribution is 9.10. The average molecular weight is 328 g/mol. The Morgan fingerprint density at radius 2 is 2.11 bits per heavy atom. The molecule has 5 heteroatoms. The number of halogens is 1. The van der Waals surface area contributed by atoms with E-state index in [1.807, 2.05) is 0 Å². The van der Waals surface area contributed by atoms with Crippen LogP contribution in [0.4, 0.5) is 5.69 Å². The summed E-state index contributed by atoms with van der Waals surface area (Å²) in [5, 5.41) is 21.7. The Morgan fingerprint density at radius 1 is 1.37 bits per heavy atom. The fraction of sp³-hybridized carbons (Fsp3) is 0.500. The van der Waals surface area contributed by atoms with Crippen LogP contribution in [0.3, 0.4) is 0 Å². The van der Waals surface area contributed by atoms with E-state index in [0.29, 0.717) is 24.1 Å². The summed E-state index contributed by atoms with van der Waals surface area (Å²) in [5.41, 5.74) is 0.909. The monoisotopic (exact) mass is 327 g/mol. The van der Waals surface area contributed by atoms with E-state index in [9.17, 15) is 9.90 Å². The van der Waals surface area contributed by atoms with Crippen LogP contribution in [0.15, 0.2) is 22.7 Å². The Morgan fingerprint density at radius 3 is 2.79 bits per heavy atom. The molecule has 2 atom stereocenters. The normalized spacial score (nSPS) is 22.4. The molecule has 0 aromatic heterocycles. The van der Waals surface area contributed by atoms with Crippen molar-refractivity contribution in [1.82, 2.24) is 0 Å². The molecule has 2 rings (SSSR count). The summed E-state index contributed by atoms with van der Waals surface area (Å²) in [6.07, 6.45) is 3.30. The van der Waals surface area contributed by atoms with Crippen LogP contribution in [-0.2, 0) is 0 Å². The van der Waals surface area contributed by atoms with Crippen LogP contribution in [0.25, 0.3) is 0 Å². The summed E-state index contributed by atoms with van der Waals surface area (Å²) in [6.45, 7) is 0.929. The third-order valence-corrected chi connectivity index (χ3v) is 4.31. The number of aromatic carboxylic acids is 1. The van der Waals surface area contributed by atoms with Gasteiger partial charge < -0.3 is 15.5 Å². The maximum atomic E-state index is 11.2. The van der Waals surface area contributed by atoms with Gasteiger partial charge in [0.15, 0.2) is 0 Å². The number of carbonyl (C=O) groups is 1. The van der Waals surface area contributed by atoms with Crippen LogP contribution in [0.2, 0.25) is 0 Å². The van der Waals surface area contributed by atoms with Crippen molar-refractivity contribution in [3.63, 3.8) is 0 Å². The van der Waals surface area contributed by atoms with Crippen molar-refractivity contribution in [3.8, 4) is 0 Å². The van der Waals surface area contributed by atoms with Gasteiger partial charge in [0, 0.05) is 23.3 Å². The van der Waals surface area contributed by atoms with Gasteiger partial charge in [-0.3, -0.25) is 0 Å². The molecule has 0 aliphatic heterocycles. The van der Waals surface area contributed by atoms with Gasteiger partial charge in [-0.2, -0.15) is 0 Å². The summed E-state index contributed by atoms with van der Waals surface area (Å²) < 4.78 is 0.852. The predicted molar refractivity (Wildman–Crippen MR) is 77.5 cm³/mol. The van der Waals surface area contributed by atoms with Crippen molar-refractivity contribution in [3.05, 3.63) is 28.2 Å². The van der Waals surface area contributed by atoms with Crippen molar-refractivity contribution < 1.29 is 15.0 Å². The third kappa shape index (κ3) is 3.48. The number of hydrogen-bond acceptors (Lipinski definition) is 3. The van der Waals surface area contributed by atoms with E-state index in [2.05, 4.69) is 21.2 Å². The van der Waals surface area contributed by atoms with Gasteiger partial charge in [-0.1, -0.05) is 22.4 Å². The molecule has 104 valence electrons. The van der Waals surface area contributed by atoms with Gasteiger partial charge in [0.25, 0.3) is 0 Å². The molecule has 0 radical (unpaired) electrons. The second-order valence-electron chi connectivity index (χ2n) is 5.01. The minimum atomic E-state index is -0.930. The number of carboxylic acid groups (broad SMARTS) is 1. The Labute approximate surface area is 121 Å². The smallest absolute Gasteiger partial charge is 0.337 e. The van der Waals surface area contributed by atoms with Crippen molar-refractivity contribution in [2.75, 3.05) is 18.5 Å². The van der Waals surface area contributed by atoms with Crippen LogP contribution >= 0.6 is 15.9 Å². The van der Waals surface area contributed by atoms with Gasteiger partial charge in [-0.25, -0.2) is 4.79 Å². The first kappa shape index (κ1) is 14.3. The van der Waals surface area contributed by atoms with E-state index >= 15 is 0 Å². The molecule has 19 heavy (non-hydrogen) atoms. The van der Waals surface area contributed by atoms with Crippen LogP contribution in [0.5, 0.6) is 0 Å². The Balaban J connectivity index is 2.06. The van der Waals surface area contributed by atoms with Crippen molar-refractivity contribution in [2.45, 2.75) is 19.3 Å². The number of hydrogen-bond donors (Lipinski definition) is 3. The van der Waals surface area contributed by atoms with Gasteiger partial charge in [-0.15, -0.1) is 0 Å². The molecule has 1 fully saturated rings. The average Bonchev–Trinajstić information content (AvgIpc) is 2.83. The van der Waals surface area contributed by atoms with E-state index in [-0.39, 0.29) is 12.2 Å². The quantitative estimate of drug-likeness (QED) is 0.777. The largest absolute Gasteiger partial charge is 0.478 e. The van der Waals surface area contributed by atoms with Crippen molar-refractivity contribution in [1.29, 1.82) is 0 Å². The molecular formula is C14H18BrNO3. The Kier molecular flexibility index (Phi) is 4.82. The number of benzene rings is 1. The van der Waals surface area contributed by atoms with E-state index in [4.69, 9.17) is 5.11 Å². The van der Waals surface area contributed by atoms with Crippen LogP contribution in [0.1, 0.15) is 29.6 Å². The van der Waals surface area contributed by atoms with Crippen molar-refractivity contribution >= 4 is 27.6 Å². The summed E-state index contributed by atoms with van der Waals surface area (Å²) in [7, 11) is 0. The first-order valence-corrected chi connectivity index (χ1v) is 7.28. The predicted octanol–water partition coefficient (Wildman–Crippen LogP) is 2.97. The maximum absolute atomic E-state index is 11.2. The van der Waals surface area contributed by atoms with E-state index in [1.165, 1.54) is 0 Å². The second kappa shape index (κ2) is 6.39. The summed E-state index contributed by atoms with van der Waals surface area (Å²) in [4.78, 5) is 11.2. The molecule has 2 unspecified atom stereocenters. The van der Waals surface area contributed by atoms with Gasteiger partial charge in [0.2, 0.25) is 0 Å². The van der Waals surface area contributed by atoms with Gasteiger partial charge in [-0.05, 0) is 42.9 Å². The SMILES string of the molecule is O=C(O)c1ccc(Br)cc1NCC1CCCC1CO. The molecule has 0 saturated heterocycles. The Bertz CT molecular complexity index is 464. The third-order valence-electron chi connectivity index (χ3n) is 3.82. The number of anilines is 1. The lowest BCUT2D eigenvalue weighted by Crippen LogP contribution is -2.21. The molecule has 0 spiro atoms. The number of aliphatic hydroxyl groups is 1. The summed E-state index contributed by atoms with van der Waals surface area (Å²) in [6, 6.07) is 5.10. The maximum Gasteiger partial charge on any atom is 0.337 e. The van der Waals surface area contributed by atoms with Crippen molar-refractivity contribution in [2.24, 2.45) is 11.8 Å². The lowest BCUT2D eigenvalue weighted by molar-refractivity contribution is 0.0698. The highest BCUT2D eigenvalue weighted by Gasteiger charge is 2.26. The minimum Gasteiger partial charge on any atom is -0.478 e. The first-order chi connectivity index (χ1) is 9.11. The molecular weight excluding hydrogens is 310 g/mol. The molecule has 1 aromatic rings. The standard InChI is InChI=1S/C14H18BrNO3/c15-11-4-5-12(14(18)19)13(6-11)16-7-9-2-1-3-10(9)8-17/h4-6,9-10,16-17H,1-3,7-8H2,(H,18,19). The Hall–Kier alpha value is -1.07. The van der Waals surface area contributed by atoms with Crippen LogP contribution < -0.4 is 5.32 Å². The van der Waals surface area contributed by atoms with Crippen LogP contribution in [0, 0.1) is 11.8 Å². The zero-order chi connectivity index (χ0) is 13.8. The first-order valence-electron chi connectivity index (χ1n) is 6.49. The molecule has 3 N–H and O–H groups in total. The second-order valence-corrected chi connectivity index (χ2v) is 5.93. The minimum absolute atomic E-state index is 0.219. The van der Waals surface area contributed by atoms with Crippen LogP contribution in [-0.4, -0.2) is 29.3 Å². The van der Waals surface area contributed by atoms with E-state index in [1.54, 1.807) is 18.2 Å². The molecule has 1 saturated carbocycles. The highest BCUT2D eigenvalue weighted by Crippen LogP contribution is 2.32. The lowest BCUT2D eigenvalue weighted by atomic mass is 9.97. The molecule has 4 nitrogen and oxygen atoms in total. The van der Waals surface area contributed by atoms with Gasteiger partial charge in [0.1, 0.15) is 0 Å². The fourth-order valence-electron chi connectivity index (χ4n) is 2.71. The highest BCUT2D eigenvalue weighted by atomic mass is 79.9. The number of carboxylic acids is 1. The summed E-state index contributed by atoms with van der Waals surface area (Å²) in [5.74, 6) is -0.168. The molecule has 0 heterocycles. The number of aliphatic hydroxyl groups excluding tert-OH is 1. The van der Waals surface area contributed by atoms with E-state index < -0.39 is 5.97 Å². The number of rotatable bonds is 5. The molecule has 0 amide bonds. The molecule has 0 bridgehead atoms. The zero-order valence-corrected chi connectivity index (χ0v) is 12.2. The molecule has 1 aliphatic rings. The lowest BCUT2D eigenvalue weighted by Gasteiger charge is -2.19. The summed E-state index contributed by atoms with van der Waals surface area (Å²) >= 11 is 3.35. The zero-order valence-electron chi connectivity index (χ0n) is 10.6.